The Labute approximate surface area is 115 Å². The van der Waals surface area contributed by atoms with Crippen molar-refractivity contribution in [2.24, 2.45) is 5.92 Å². The third kappa shape index (κ3) is 3.77. The standard InChI is InChI=1S/C16H24FNO/c1-16(2)11-13(8-10-19-16)15(7-9-18)12-3-5-14(17)6-4-12/h3-6,13,15H,7-11,18H2,1-2H3/p+1/t13-,15+/m1/s1. The Balaban J connectivity index is 2.17. The Kier molecular flexibility index (Phi) is 4.58. The van der Waals surface area contributed by atoms with Crippen LogP contribution in [0.1, 0.15) is 44.6 Å². The summed E-state index contributed by atoms with van der Waals surface area (Å²) < 4.78 is 18.9. The van der Waals surface area contributed by atoms with Gasteiger partial charge in [0, 0.05) is 13.0 Å². The summed E-state index contributed by atoms with van der Waals surface area (Å²) in [6.07, 6.45) is 3.22. The van der Waals surface area contributed by atoms with Gasteiger partial charge in [-0.1, -0.05) is 12.1 Å². The minimum Gasteiger partial charge on any atom is -0.376 e. The largest absolute Gasteiger partial charge is 0.376 e. The zero-order valence-electron chi connectivity index (χ0n) is 12.0. The second kappa shape index (κ2) is 6.02. The van der Waals surface area contributed by atoms with Crippen LogP contribution >= 0.6 is 0 Å². The summed E-state index contributed by atoms with van der Waals surface area (Å²) in [5, 5.41) is 0. The van der Waals surface area contributed by atoms with Crippen LogP contribution in [0.25, 0.3) is 0 Å². The summed E-state index contributed by atoms with van der Waals surface area (Å²) in [4.78, 5) is 0. The molecule has 0 amide bonds. The Hall–Kier alpha value is -0.930. The fourth-order valence-electron chi connectivity index (χ4n) is 3.23. The van der Waals surface area contributed by atoms with E-state index in [0.717, 1.165) is 32.4 Å². The van der Waals surface area contributed by atoms with Crippen molar-refractivity contribution in [2.75, 3.05) is 13.2 Å². The molecule has 2 rings (SSSR count). The average molecular weight is 266 g/mol. The van der Waals surface area contributed by atoms with E-state index in [4.69, 9.17) is 4.74 Å². The van der Waals surface area contributed by atoms with E-state index in [-0.39, 0.29) is 11.4 Å². The molecule has 1 aliphatic heterocycles. The molecule has 1 aromatic rings. The van der Waals surface area contributed by atoms with Crippen molar-refractivity contribution in [1.29, 1.82) is 0 Å². The third-order valence-electron chi connectivity index (χ3n) is 4.12. The lowest BCUT2D eigenvalue weighted by atomic mass is 9.75. The first-order valence-electron chi connectivity index (χ1n) is 7.20. The number of hydrogen-bond donors (Lipinski definition) is 1. The van der Waals surface area contributed by atoms with Gasteiger partial charge in [0.05, 0.1) is 12.1 Å². The lowest BCUT2D eigenvalue weighted by molar-refractivity contribution is -0.369. The van der Waals surface area contributed by atoms with Gasteiger partial charge >= 0.3 is 0 Å². The van der Waals surface area contributed by atoms with Gasteiger partial charge in [-0.15, -0.1) is 0 Å². The van der Waals surface area contributed by atoms with Crippen molar-refractivity contribution < 1.29 is 14.9 Å². The molecule has 2 nitrogen and oxygen atoms in total. The van der Waals surface area contributed by atoms with E-state index < -0.39 is 0 Å². The zero-order valence-corrected chi connectivity index (χ0v) is 12.0. The van der Waals surface area contributed by atoms with E-state index in [1.807, 2.05) is 12.1 Å². The van der Waals surface area contributed by atoms with E-state index in [2.05, 4.69) is 19.6 Å². The lowest BCUT2D eigenvalue weighted by Crippen LogP contribution is -2.51. The van der Waals surface area contributed by atoms with Gasteiger partial charge in [0.2, 0.25) is 0 Å². The highest BCUT2D eigenvalue weighted by Gasteiger charge is 2.34. The molecule has 1 fully saturated rings. The Bertz CT molecular complexity index is 402. The minimum atomic E-state index is -0.163. The maximum Gasteiger partial charge on any atom is 0.123 e. The number of benzene rings is 1. The molecule has 0 bridgehead atoms. The van der Waals surface area contributed by atoms with Gasteiger partial charge in [-0.25, -0.2) is 4.39 Å². The van der Waals surface area contributed by atoms with Crippen LogP contribution in [0.2, 0.25) is 0 Å². The molecule has 0 saturated carbocycles. The summed E-state index contributed by atoms with van der Waals surface area (Å²) in [5.41, 5.74) is 5.20. The van der Waals surface area contributed by atoms with E-state index in [1.165, 1.54) is 5.56 Å². The second-order valence-electron chi connectivity index (χ2n) is 6.16. The molecule has 106 valence electrons. The zero-order chi connectivity index (χ0) is 13.9. The van der Waals surface area contributed by atoms with E-state index in [9.17, 15) is 4.39 Å². The highest BCUT2D eigenvalue weighted by Crippen LogP contribution is 2.39. The molecule has 0 aromatic heterocycles. The van der Waals surface area contributed by atoms with E-state index in [1.54, 1.807) is 12.1 Å². The topological polar surface area (TPSA) is 36.9 Å². The molecule has 1 aliphatic rings. The molecule has 0 unspecified atom stereocenters. The van der Waals surface area contributed by atoms with Crippen LogP contribution in [-0.4, -0.2) is 18.8 Å². The molecule has 3 heteroatoms. The molecule has 3 N–H and O–H groups in total. The van der Waals surface area contributed by atoms with Gasteiger partial charge in [0.25, 0.3) is 0 Å². The molecular weight excluding hydrogens is 241 g/mol. The van der Waals surface area contributed by atoms with Crippen LogP contribution in [0, 0.1) is 11.7 Å². The molecule has 0 spiro atoms. The van der Waals surface area contributed by atoms with Gasteiger partial charge < -0.3 is 10.5 Å². The second-order valence-corrected chi connectivity index (χ2v) is 6.16. The minimum absolute atomic E-state index is 0.0393. The summed E-state index contributed by atoms with van der Waals surface area (Å²) in [5.74, 6) is 0.918. The first kappa shape index (κ1) is 14.5. The van der Waals surface area contributed by atoms with Gasteiger partial charge in [0.1, 0.15) is 5.82 Å². The molecule has 2 atom stereocenters. The highest BCUT2D eigenvalue weighted by atomic mass is 19.1. The van der Waals surface area contributed by atoms with Crippen molar-refractivity contribution in [3.8, 4) is 0 Å². The first-order chi connectivity index (χ1) is 9.02. The normalized spacial score (nSPS) is 24.1. The molecule has 0 radical (unpaired) electrons. The molecule has 1 heterocycles. The molecular formula is C16H25FNO+. The molecule has 1 saturated heterocycles. The van der Waals surface area contributed by atoms with Crippen LogP contribution in [0.5, 0.6) is 0 Å². The number of hydrogen-bond acceptors (Lipinski definition) is 1. The van der Waals surface area contributed by atoms with Crippen LogP contribution < -0.4 is 5.73 Å². The third-order valence-corrected chi connectivity index (χ3v) is 4.12. The van der Waals surface area contributed by atoms with Crippen molar-refractivity contribution in [3.05, 3.63) is 35.6 Å². The van der Waals surface area contributed by atoms with Crippen molar-refractivity contribution in [3.63, 3.8) is 0 Å². The predicted octanol–water partition coefficient (Wildman–Crippen LogP) is 2.75. The van der Waals surface area contributed by atoms with E-state index in [0.29, 0.717) is 11.8 Å². The Morgan fingerprint density at radius 2 is 2.05 bits per heavy atom. The summed E-state index contributed by atoms with van der Waals surface area (Å²) in [7, 11) is 0. The monoisotopic (exact) mass is 266 g/mol. The number of ether oxygens (including phenoxy) is 1. The summed E-state index contributed by atoms with van der Waals surface area (Å²) >= 11 is 0. The SMILES string of the molecule is CC1(C)C[C@H]([C@@H](CC[NH3+])c2ccc(F)cc2)CCO1. The smallest absolute Gasteiger partial charge is 0.123 e. The van der Waals surface area contributed by atoms with Crippen LogP contribution in [0.15, 0.2) is 24.3 Å². The average Bonchev–Trinajstić information content (AvgIpc) is 2.36. The Morgan fingerprint density at radius 3 is 2.63 bits per heavy atom. The lowest BCUT2D eigenvalue weighted by Gasteiger charge is -2.39. The van der Waals surface area contributed by atoms with Crippen molar-refractivity contribution in [2.45, 2.75) is 44.6 Å². The van der Waals surface area contributed by atoms with Crippen molar-refractivity contribution >= 4 is 0 Å². The fraction of sp³-hybridized carbons (Fsp3) is 0.625. The maximum atomic E-state index is 13.1. The number of halogens is 1. The quantitative estimate of drug-likeness (QED) is 0.894. The van der Waals surface area contributed by atoms with Gasteiger partial charge in [0.15, 0.2) is 0 Å². The number of rotatable bonds is 4. The van der Waals surface area contributed by atoms with Crippen LogP contribution in [-0.2, 0) is 4.74 Å². The summed E-state index contributed by atoms with van der Waals surface area (Å²) in [6.45, 7) is 6.06. The first-order valence-corrected chi connectivity index (χ1v) is 7.20. The Morgan fingerprint density at radius 1 is 1.37 bits per heavy atom. The maximum absolute atomic E-state index is 13.1. The molecule has 1 aromatic carbocycles. The van der Waals surface area contributed by atoms with Gasteiger partial charge in [-0.2, -0.15) is 0 Å². The van der Waals surface area contributed by atoms with Crippen molar-refractivity contribution in [1.82, 2.24) is 0 Å². The molecule has 19 heavy (non-hydrogen) atoms. The predicted molar refractivity (Wildman–Crippen MR) is 74.3 cm³/mol. The van der Waals surface area contributed by atoms with Crippen LogP contribution in [0.4, 0.5) is 4.39 Å². The van der Waals surface area contributed by atoms with E-state index >= 15 is 0 Å². The number of quaternary nitrogens is 1. The highest BCUT2D eigenvalue weighted by molar-refractivity contribution is 5.21. The molecule has 0 aliphatic carbocycles. The summed E-state index contributed by atoms with van der Waals surface area (Å²) in [6, 6.07) is 6.99. The van der Waals surface area contributed by atoms with Crippen LogP contribution in [0.3, 0.4) is 0 Å². The van der Waals surface area contributed by atoms with Gasteiger partial charge in [-0.05, 0) is 56.2 Å². The fourth-order valence-corrected chi connectivity index (χ4v) is 3.23. The van der Waals surface area contributed by atoms with Gasteiger partial charge in [-0.3, -0.25) is 0 Å².